The maximum Gasteiger partial charge on any atom is 0.333 e. The van der Waals surface area contributed by atoms with E-state index >= 15 is 0 Å². The lowest BCUT2D eigenvalue weighted by atomic mass is 10.1. The first-order valence-corrected chi connectivity index (χ1v) is 10.0. The van der Waals surface area contributed by atoms with Gasteiger partial charge in [0.2, 0.25) is 0 Å². The topological polar surface area (TPSA) is 35.5 Å². The molecule has 0 heterocycles. The molecule has 0 aliphatic rings. The van der Waals surface area contributed by atoms with Crippen molar-refractivity contribution >= 4 is 7.60 Å². The molecule has 0 N–H and O–H groups in total. The van der Waals surface area contributed by atoms with Crippen LogP contribution in [0.15, 0.2) is 34.9 Å². The van der Waals surface area contributed by atoms with Crippen molar-refractivity contribution in [3.63, 3.8) is 0 Å². The molecule has 1 atom stereocenters. The molecule has 0 amide bonds. The first kappa shape index (κ1) is 22.4. The number of hydrogen-bond donors (Lipinski definition) is 0. The lowest BCUT2D eigenvalue weighted by Crippen LogP contribution is -2.05. The van der Waals surface area contributed by atoms with Gasteiger partial charge in [0.25, 0.3) is 0 Å². The Morgan fingerprint density at radius 1 is 0.913 bits per heavy atom. The smallest absolute Gasteiger partial charge is 0.312 e. The monoisotopic (exact) mass is 342 g/mol. The molecular formula is C19H35O3P. The van der Waals surface area contributed by atoms with Crippen molar-refractivity contribution in [3.05, 3.63) is 34.9 Å². The van der Waals surface area contributed by atoms with Gasteiger partial charge in [-0.15, -0.1) is 0 Å². The van der Waals surface area contributed by atoms with Crippen LogP contribution in [0.3, 0.4) is 0 Å². The molecule has 0 aliphatic heterocycles. The Labute approximate surface area is 143 Å². The lowest BCUT2D eigenvalue weighted by Gasteiger charge is -2.19. The van der Waals surface area contributed by atoms with Crippen LogP contribution in [-0.4, -0.2) is 19.9 Å². The van der Waals surface area contributed by atoms with Crippen LogP contribution in [-0.2, 0) is 13.6 Å². The van der Waals surface area contributed by atoms with E-state index in [1.54, 1.807) is 0 Å². The summed E-state index contributed by atoms with van der Waals surface area (Å²) >= 11 is 0. The van der Waals surface area contributed by atoms with Crippen LogP contribution in [0, 0.1) is 0 Å². The molecule has 4 heteroatoms. The minimum atomic E-state index is -2.95. The van der Waals surface area contributed by atoms with Crippen molar-refractivity contribution in [2.75, 3.05) is 14.2 Å². The molecule has 134 valence electrons. The van der Waals surface area contributed by atoms with Gasteiger partial charge in [0.15, 0.2) is 0 Å². The van der Waals surface area contributed by atoms with Gasteiger partial charge < -0.3 is 9.05 Å². The highest BCUT2D eigenvalue weighted by Crippen LogP contribution is 2.52. The van der Waals surface area contributed by atoms with Gasteiger partial charge in [0, 0.05) is 14.2 Å². The molecule has 0 aromatic heterocycles. The highest BCUT2D eigenvalue weighted by Gasteiger charge is 2.28. The SMILES string of the molecule is COP(=O)(OC)C(C)C/C=C(\C)CC/C=C(\C)CCC=C(C)C. The van der Waals surface area contributed by atoms with E-state index < -0.39 is 7.60 Å². The van der Waals surface area contributed by atoms with Gasteiger partial charge in [-0.2, -0.15) is 0 Å². The molecular weight excluding hydrogens is 307 g/mol. The predicted octanol–water partition coefficient (Wildman–Crippen LogP) is 6.67. The Kier molecular flexibility index (Phi) is 11.5. The summed E-state index contributed by atoms with van der Waals surface area (Å²) in [5.41, 5.74) is 4.04. The molecule has 0 aromatic rings. The summed E-state index contributed by atoms with van der Waals surface area (Å²) in [5, 5.41) is 0. The molecule has 0 aromatic carbocycles. The summed E-state index contributed by atoms with van der Waals surface area (Å²) in [4.78, 5) is 0. The largest absolute Gasteiger partial charge is 0.333 e. The van der Waals surface area contributed by atoms with Crippen LogP contribution >= 0.6 is 7.60 Å². The van der Waals surface area contributed by atoms with Gasteiger partial charge in [0.05, 0.1) is 5.66 Å². The predicted molar refractivity (Wildman–Crippen MR) is 101 cm³/mol. The van der Waals surface area contributed by atoms with Crippen LogP contribution in [0.1, 0.15) is 66.7 Å². The summed E-state index contributed by atoms with van der Waals surface area (Å²) in [6.07, 6.45) is 11.8. The second-order valence-electron chi connectivity index (χ2n) is 6.45. The second kappa shape index (κ2) is 11.8. The van der Waals surface area contributed by atoms with Crippen molar-refractivity contribution in [1.82, 2.24) is 0 Å². The van der Waals surface area contributed by atoms with Gasteiger partial charge in [-0.3, -0.25) is 4.57 Å². The average molecular weight is 342 g/mol. The van der Waals surface area contributed by atoms with Crippen molar-refractivity contribution in [3.8, 4) is 0 Å². The number of hydrogen-bond acceptors (Lipinski definition) is 3. The average Bonchev–Trinajstić information content (AvgIpc) is 2.51. The Bertz CT molecular complexity index is 463. The van der Waals surface area contributed by atoms with E-state index in [0.29, 0.717) is 6.42 Å². The number of rotatable bonds is 11. The quantitative estimate of drug-likeness (QED) is 0.311. The van der Waals surface area contributed by atoms with E-state index in [9.17, 15) is 4.57 Å². The van der Waals surface area contributed by atoms with Crippen LogP contribution in [0.5, 0.6) is 0 Å². The summed E-state index contributed by atoms with van der Waals surface area (Å²) in [6, 6.07) is 0. The van der Waals surface area contributed by atoms with E-state index in [2.05, 4.69) is 45.9 Å². The molecule has 0 fully saturated rings. The Hall–Kier alpha value is -0.630. The molecule has 0 spiro atoms. The fraction of sp³-hybridized carbons (Fsp3) is 0.684. The van der Waals surface area contributed by atoms with E-state index in [-0.39, 0.29) is 5.66 Å². The van der Waals surface area contributed by atoms with Gasteiger partial charge in [-0.05, 0) is 59.8 Å². The molecule has 0 radical (unpaired) electrons. The third kappa shape index (κ3) is 9.96. The maximum absolute atomic E-state index is 12.2. The standard InChI is InChI=1S/C19H35O3P/c1-16(2)10-8-11-17(3)12-9-13-18(4)14-15-19(5)23(20,21-6)22-7/h10,12,14,19H,8-9,11,13,15H2,1-7H3/b17-12+,18-14+. The fourth-order valence-electron chi connectivity index (χ4n) is 2.27. The first-order chi connectivity index (χ1) is 10.7. The zero-order valence-corrected chi connectivity index (χ0v) is 16.9. The second-order valence-corrected chi connectivity index (χ2v) is 9.14. The Morgan fingerprint density at radius 2 is 1.39 bits per heavy atom. The highest BCUT2D eigenvalue weighted by molar-refractivity contribution is 7.54. The van der Waals surface area contributed by atoms with Gasteiger partial charge in [-0.25, -0.2) is 0 Å². The molecule has 0 bridgehead atoms. The Morgan fingerprint density at radius 3 is 1.87 bits per heavy atom. The van der Waals surface area contributed by atoms with E-state index in [4.69, 9.17) is 9.05 Å². The fourth-order valence-corrected chi connectivity index (χ4v) is 3.51. The lowest BCUT2D eigenvalue weighted by molar-refractivity contribution is 0.267. The third-order valence-corrected chi connectivity index (χ3v) is 6.29. The molecule has 1 unspecified atom stereocenters. The zero-order chi connectivity index (χ0) is 17.9. The summed E-state index contributed by atoms with van der Waals surface area (Å²) in [5.74, 6) is 0. The van der Waals surface area contributed by atoms with Gasteiger partial charge in [0.1, 0.15) is 0 Å². The van der Waals surface area contributed by atoms with Crippen molar-refractivity contribution in [2.45, 2.75) is 72.4 Å². The van der Waals surface area contributed by atoms with Crippen molar-refractivity contribution in [1.29, 1.82) is 0 Å². The van der Waals surface area contributed by atoms with Crippen LogP contribution in [0.25, 0.3) is 0 Å². The minimum Gasteiger partial charge on any atom is -0.312 e. The van der Waals surface area contributed by atoms with Crippen LogP contribution < -0.4 is 0 Å². The maximum atomic E-state index is 12.2. The van der Waals surface area contributed by atoms with Crippen LogP contribution in [0.2, 0.25) is 0 Å². The van der Waals surface area contributed by atoms with Crippen molar-refractivity contribution in [2.24, 2.45) is 0 Å². The summed E-state index contributed by atoms with van der Waals surface area (Å²) < 4.78 is 22.3. The molecule has 0 rings (SSSR count). The van der Waals surface area contributed by atoms with Gasteiger partial charge in [-0.1, -0.05) is 41.9 Å². The zero-order valence-electron chi connectivity index (χ0n) is 16.0. The minimum absolute atomic E-state index is 0.117. The molecule has 3 nitrogen and oxygen atoms in total. The molecule has 23 heavy (non-hydrogen) atoms. The normalized spacial score (nSPS) is 14.7. The van der Waals surface area contributed by atoms with E-state index in [0.717, 1.165) is 25.7 Å². The first-order valence-electron chi connectivity index (χ1n) is 8.41. The Balaban J connectivity index is 4.26. The third-order valence-electron chi connectivity index (χ3n) is 3.98. The number of allylic oxidation sites excluding steroid dienone is 6. The molecule has 0 saturated heterocycles. The van der Waals surface area contributed by atoms with Crippen LogP contribution in [0.4, 0.5) is 0 Å². The molecule has 0 saturated carbocycles. The van der Waals surface area contributed by atoms with Gasteiger partial charge >= 0.3 is 7.60 Å². The summed E-state index contributed by atoms with van der Waals surface area (Å²) in [7, 11) is -0.0636. The molecule has 0 aliphatic carbocycles. The van der Waals surface area contributed by atoms with E-state index in [1.165, 1.54) is 30.9 Å². The highest BCUT2D eigenvalue weighted by atomic mass is 31.2. The summed E-state index contributed by atoms with van der Waals surface area (Å²) in [6.45, 7) is 10.5. The van der Waals surface area contributed by atoms with Crippen molar-refractivity contribution < 1.29 is 13.6 Å². The van der Waals surface area contributed by atoms with E-state index in [1.807, 2.05) is 6.92 Å².